The summed E-state index contributed by atoms with van der Waals surface area (Å²) in [4.78, 5) is 19.7. The van der Waals surface area contributed by atoms with E-state index < -0.39 is 0 Å². The molecular weight excluding hydrogens is 202 g/mol. The Kier molecular flexibility index (Phi) is 2.73. The maximum atomic E-state index is 11.2. The average molecular weight is 217 g/mol. The van der Waals surface area contributed by atoms with Crippen LogP contribution in [-0.2, 0) is 11.2 Å². The zero-order valence-corrected chi connectivity index (χ0v) is 9.77. The van der Waals surface area contributed by atoms with Crippen molar-refractivity contribution in [2.24, 2.45) is 0 Å². The lowest BCUT2D eigenvalue weighted by Crippen LogP contribution is -2.09. The van der Waals surface area contributed by atoms with Crippen LogP contribution in [0.1, 0.15) is 32.6 Å². The molecule has 4 nitrogen and oxygen atoms in total. The Labute approximate surface area is 94.3 Å². The third-order valence-electron chi connectivity index (χ3n) is 2.49. The molecule has 0 radical (unpaired) electrons. The molecular formula is C12H15N3O. The summed E-state index contributed by atoms with van der Waals surface area (Å²) < 4.78 is 2.10. The zero-order valence-electron chi connectivity index (χ0n) is 9.77. The van der Waals surface area contributed by atoms with Gasteiger partial charge in [0.15, 0.2) is 0 Å². The molecule has 0 spiro atoms. The standard InChI is InChI=1S/C12H15N3O/c1-8(2)15-11-4-5-13-7-10(11)14-12(15)6-9(3)16/h4-5,7-8H,6H2,1-3H3. The van der Waals surface area contributed by atoms with Crippen LogP contribution >= 0.6 is 0 Å². The molecule has 0 aromatic carbocycles. The number of nitrogens with zero attached hydrogens (tertiary/aromatic N) is 3. The van der Waals surface area contributed by atoms with E-state index in [2.05, 4.69) is 28.4 Å². The fraction of sp³-hybridized carbons (Fsp3) is 0.417. The predicted molar refractivity (Wildman–Crippen MR) is 62.3 cm³/mol. The minimum absolute atomic E-state index is 0.130. The first-order valence-electron chi connectivity index (χ1n) is 5.40. The number of carbonyl (C=O) groups is 1. The molecule has 2 aromatic rings. The molecule has 0 saturated heterocycles. The summed E-state index contributed by atoms with van der Waals surface area (Å²) >= 11 is 0. The zero-order chi connectivity index (χ0) is 11.7. The highest BCUT2D eigenvalue weighted by atomic mass is 16.1. The van der Waals surface area contributed by atoms with Crippen molar-refractivity contribution in [1.29, 1.82) is 0 Å². The van der Waals surface area contributed by atoms with Crippen LogP contribution in [0.5, 0.6) is 0 Å². The summed E-state index contributed by atoms with van der Waals surface area (Å²) in [5.41, 5.74) is 1.90. The maximum Gasteiger partial charge on any atom is 0.137 e. The molecule has 84 valence electrons. The fourth-order valence-corrected chi connectivity index (χ4v) is 1.92. The van der Waals surface area contributed by atoms with Crippen LogP contribution in [-0.4, -0.2) is 20.3 Å². The quantitative estimate of drug-likeness (QED) is 0.791. The smallest absolute Gasteiger partial charge is 0.137 e. The van der Waals surface area contributed by atoms with Crippen molar-refractivity contribution in [3.63, 3.8) is 0 Å². The van der Waals surface area contributed by atoms with E-state index in [-0.39, 0.29) is 5.78 Å². The third kappa shape index (κ3) is 1.83. The van der Waals surface area contributed by atoms with Gasteiger partial charge in [0.2, 0.25) is 0 Å². The van der Waals surface area contributed by atoms with Crippen LogP contribution in [0.25, 0.3) is 11.0 Å². The Hall–Kier alpha value is -1.71. The summed E-state index contributed by atoms with van der Waals surface area (Å²) in [7, 11) is 0. The first kappa shape index (κ1) is 10.8. The largest absolute Gasteiger partial charge is 0.325 e. The summed E-state index contributed by atoms with van der Waals surface area (Å²) in [6, 6.07) is 2.23. The molecule has 0 atom stereocenters. The molecule has 0 aliphatic heterocycles. The number of imidazole rings is 1. The number of hydrogen-bond donors (Lipinski definition) is 0. The predicted octanol–water partition coefficient (Wildman–Crippen LogP) is 2.14. The molecule has 0 fully saturated rings. The number of Topliss-reactive ketones (excluding diaryl/α,β-unsaturated/α-hetero) is 1. The normalized spacial score (nSPS) is 11.2. The van der Waals surface area contributed by atoms with Crippen molar-refractivity contribution in [2.75, 3.05) is 0 Å². The molecule has 0 N–H and O–H groups in total. The van der Waals surface area contributed by atoms with Crippen LogP contribution in [0.15, 0.2) is 18.5 Å². The lowest BCUT2D eigenvalue weighted by atomic mass is 10.2. The van der Waals surface area contributed by atoms with Gasteiger partial charge in [0.1, 0.15) is 17.1 Å². The monoisotopic (exact) mass is 217 g/mol. The highest BCUT2D eigenvalue weighted by molar-refractivity contribution is 5.80. The molecule has 0 saturated carbocycles. The second-order valence-electron chi connectivity index (χ2n) is 4.23. The first-order valence-corrected chi connectivity index (χ1v) is 5.40. The molecule has 0 unspecified atom stereocenters. The molecule has 0 bridgehead atoms. The Morgan fingerprint density at radius 1 is 1.50 bits per heavy atom. The average Bonchev–Trinajstić information content (AvgIpc) is 2.53. The van der Waals surface area contributed by atoms with Crippen molar-refractivity contribution in [2.45, 2.75) is 33.2 Å². The topological polar surface area (TPSA) is 47.8 Å². The van der Waals surface area contributed by atoms with Crippen LogP contribution in [0.4, 0.5) is 0 Å². The van der Waals surface area contributed by atoms with E-state index >= 15 is 0 Å². The minimum atomic E-state index is 0.130. The van der Waals surface area contributed by atoms with Crippen LogP contribution < -0.4 is 0 Å². The summed E-state index contributed by atoms with van der Waals surface area (Å²) in [5, 5.41) is 0. The van der Waals surface area contributed by atoms with Crippen LogP contribution in [0, 0.1) is 0 Å². The number of ketones is 1. The van der Waals surface area contributed by atoms with E-state index in [1.807, 2.05) is 6.07 Å². The van der Waals surface area contributed by atoms with Crippen molar-refractivity contribution in [3.8, 4) is 0 Å². The van der Waals surface area contributed by atoms with Gasteiger partial charge in [-0.2, -0.15) is 0 Å². The molecule has 2 aromatic heterocycles. The second-order valence-corrected chi connectivity index (χ2v) is 4.23. The van der Waals surface area contributed by atoms with Gasteiger partial charge in [-0.1, -0.05) is 0 Å². The highest BCUT2D eigenvalue weighted by Gasteiger charge is 2.14. The van der Waals surface area contributed by atoms with E-state index in [4.69, 9.17) is 0 Å². The maximum absolute atomic E-state index is 11.2. The third-order valence-corrected chi connectivity index (χ3v) is 2.49. The van der Waals surface area contributed by atoms with Gasteiger partial charge in [0.25, 0.3) is 0 Å². The summed E-state index contributed by atoms with van der Waals surface area (Å²) in [5.74, 6) is 0.954. The van der Waals surface area contributed by atoms with Crippen molar-refractivity contribution in [1.82, 2.24) is 14.5 Å². The van der Waals surface area contributed by atoms with Crippen molar-refractivity contribution < 1.29 is 4.79 Å². The lowest BCUT2D eigenvalue weighted by Gasteiger charge is -2.11. The van der Waals surface area contributed by atoms with E-state index in [0.29, 0.717) is 12.5 Å². The molecule has 2 heterocycles. The van der Waals surface area contributed by atoms with Crippen LogP contribution in [0.3, 0.4) is 0 Å². The fourth-order valence-electron chi connectivity index (χ4n) is 1.92. The summed E-state index contributed by atoms with van der Waals surface area (Å²) in [6.45, 7) is 5.76. The molecule has 2 rings (SSSR count). The van der Waals surface area contributed by atoms with Gasteiger partial charge in [-0.05, 0) is 26.8 Å². The van der Waals surface area contributed by atoms with Gasteiger partial charge in [-0.25, -0.2) is 4.98 Å². The van der Waals surface area contributed by atoms with Crippen molar-refractivity contribution in [3.05, 3.63) is 24.3 Å². The molecule has 0 aliphatic rings. The van der Waals surface area contributed by atoms with E-state index in [9.17, 15) is 4.79 Å². The van der Waals surface area contributed by atoms with Gasteiger partial charge < -0.3 is 4.57 Å². The number of rotatable bonds is 3. The second kappa shape index (κ2) is 4.04. The lowest BCUT2D eigenvalue weighted by molar-refractivity contribution is -0.116. The Balaban J connectivity index is 2.63. The van der Waals surface area contributed by atoms with Gasteiger partial charge in [-0.15, -0.1) is 0 Å². The highest BCUT2D eigenvalue weighted by Crippen LogP contribution is 2.20. The number of aromatic nitrogens is 3. The Bertz CT molecular complexity index is 528. The van der Waals surface area contributed by atoms with Crippen molar-refractivity contribution >= 4 is 16.8 Å². The Morgan fingerprint density at radius 3 is 2.88 bits per heavy atom. The molecule has 0 amide bonds. The first-order chi connectivity index (χ1) is 7.59. The number of carbonyl (C=O) groups excluding carboxylic acids is 1. The molecule has 0 aliphatic carbocycles. The van der Waals surface area contributed by atoms with E-state index in [0.717, 1.165) is 16.9 Å². The molecule has 4 heteroatoms. The van der Waals surface area contributed by atoms with Gasteiger partial charge in [0, 0.05) is 12.2 Å². The summed E-state index contributed by atoms with van der Waals surface area (Å²) in [6.07, 6.45) is 3.87. The molecule has 16 heavy (non-hydrogen) atoms. The minimum Gasteiger partial charge on any atom is -0.325 e. The van der Waals surface area contributed by atoms with Gasteiger partial charge in [-0.3, -0.25) is 9.78 Å². The Morgan fingerprint density at radius 2 is 2.25 bits per heavy atom. The number of fused-ring (bicyclic) bond motifs is 1. The number of hydrogen-bond acceptors (Lipinski definition) is 3. The van der Waals surface area contributed by atoms with E-state index in [1.54, 1.807) is 19.3 Å². The van der Waals surface area contributed by atoms with Gasteiger partial charge in [0.05, 0.1) is 18.1 Å². The van der Waals surface area contributed by atoms with E-state index in [1.165, 1.54) is 0 Å². The van der Waals surface area contributed by atoms with Gasteiger partial charge >= 0.3 is 0 Å². The number of pyridine rings is 1. The SMILES string of the molecule is CC(=O)Cc1nc2cnccc2n1C(C)C. The van der Waals surface area contributed by atoms with Crippen LogP contribution in [0.2, 0.25) is 0 Å².